The first-order chi connectivity index (χ1) is 11.1. The summed E-state index contributed by atoms with van der Waals surface area (Å²) in [5.74, 6) is 0.105. The Morgan fingerprint density at radius 2 is 1.79 bits per heavy atom. The SMILES string of the molecule is C=C1c2cc(C(F)(F)F)ccc2S(=O)(=O)N(C)C1C1CCCCC1. The van der Waals surface area contributed by atoms with Gasteiger partial charge in [0, 0.05) is 7.05 Å². The minimum absolute atomic E-state index is 0.0879. The summed E-state index contributed by atoms with van der Waals surface area (Å²) in [6.07, 6.45) is 0.370. The standard InChI is InChI=1S/C17H20F3NO2S/c1-11-14-10-13(17(18,19)20)8-9-15(14)24(22,23)21(2)16(11)12-6-4-3-5-7-12/h8-10,12,16H,1,3-7H2,2H3. The van der Waals surface area contributed by atoms with Crippen molar-refractivity contribution < 1.29 is 21.6 Å². The van der Waals surface area contributed by atoms with E-state index in [4.69, 9.17) is 0 Å². The van der Waals surface area contributed by atoms with Crippen LogP contribution in [-0.2, 0) is 16.2 Å². The van der Waals surface area contributed by atoms with E-state index in [0.717, 1.165) is 50.3 Å². The fourth-order valence-corrected chi connectivity index (χ4v) is 5.51. The van der Waals surface area contributed by atoms with Crippen molar-refractivity contribution in [2.45, 2.75) is 49.2 Å². The van der Waals surface area contributed by atoms with Crippen molar-refractivity contribution in [2.75, 3.05) is 7.05 Å². The molecule has 1 aromatic rings. The van der Waals surface area contributed by atoms with Gasteiger partial charge in [-0.05, 0) is 48.1 Å². The number of hydrogen-bond donors (Lipinski definition) is 0. The number of benzene rings is 1. The van der Waals surface area contributed by atoms with Crippen LogP contribution >= 0.6 is 0 Å². The van der Waals surface area contributed by atoms with E-state index in [1.165, 1.54) is 11.4 Å². The average Bonchev–Trinajstić information content (AvgIpc) is 2.53. The lowest BCUT2D eigenvalue weighted by Gasteiger charge is -2.41. The lowest BCUT2D eigenvalue weighted by atomic mass is 9.79. The first-order valence-electron chi connectivity index (χ1n) is 8.02. The number of hydrogen-bond acceptors (Lipinski definition) is 2. The van der Waals surface area contributed by atoms with Gasteiger partial charge in [0.15, 0.2) is 0 Å². The molecule has 1 aliphatic carbocycles. The molecule has 3 rings (SSSR count). The molecule has 3 nitrogen and oxygen atoms in total. The van der Waals surface area contributed by atoms with Gasteiger partial charge in [-0.2, -0.15) is 17.5 Å². The molecule has 1 heterocycles. The molecule has 1 aliphatic heterocycles. The topological polar surface area (TPSA) is 37.4 Å². The molecule has 0 radical (unpaired) electrons. The van der Waals surface area contributed by atoms with Crippen molar-refractivity contribution in [3.8, 4) is 0 Å². The van der Waals surface area contributed by atoms with Crippen LogP contribution in [0.3, 0.4) is 0 Å². The van der Waals surface area contributed by atoms with Crippen molar-refractivity contribution in [3.05, 3.63) is 35.9 Å². The van der Waals surface area contributed by atoms with Crippen LogP contribution in [0.25, 0.3) is 5.57 Å². The molecule has 7 heteroatoms. The second kappa shape index (κ2) is 5.88. The third-order valence-corrected chi connectivity index (χ3v) is 7.05. The summed E-state index contributed by atoms with van der Waals surface area (Å²) in [5, 5.41) is 0. The van der Waals surface area contributed by atoms with E-state index in [0.29, 0.717) is 5.57 Å². The molecule has 0 bridgehead atoms. The predicted octanol–water partition coefficient (Wildman–Crippen LogP) is 4.30. The van der Waals surface area contributed by atoms with Crippen LogP contribution in [0.4, 0.5) is 13.2 Å². The fourth-order valence-electron chi connectivity index (χ4n) is 3.90. The largest absolute Gasteiger partial charge is 0.416 e. The third kappa shape index (κ3) is 2.77. The zero-order valence-electron chi connectivity index (χ0n) is 13.4. The summed E-state index contributed by atoms with van der Waals surface area (Å²) in [7, 11) is -2.31. The van der Waals surface area contributed by atoms with E-state index in [9.17, 15) is 21.6 Å². The molecular formula is C17H20F3NO2S. The van der Waals surface area contributed by atoms with Crippen LogP contribution in [0.1, 0.15) is 43.2 Å². The Hall–Kier alpha value is -1.34. The van der Waals surface area contributed by atoms with Gasteiger partial charge < -0.3 is 0 Å². The lowest BCUT2D eigenvalue weighted by molar-refractivity contribution is -0.137. The molecule has 1 aromatic carbocycles. The van der Waals surface area contributed by atoms with Crippen LogP contribution in [0.15, 0.2) is 29.7 Å². The molecule has 2 aliphatic rings. The predicted molar refractivity (Wildman–Crippen MR) is 85.8 cm³/mol. The minimum atomic E-state index is -4.51. The Kier molecular flexibility index (Phi) is 4.28. The highest BCUT2D eigenvalue weighted by molar-refractivity contribution is 7.89. The maximum atomic E-state index is 13.0. The monoisotopic (exact) mass is 359 g/mol. The first-order valence-corrected chi connectivity index (χ1v) is 9.46. The molecule has 132 valence electrons. The van der Waals surface area contributed by atoms with Crippen molar-refractivity contribution in [3.63, 3.8) is 0 Å². The van der Waals surface area contributed by atoms with Crippen LogP contribution in [0, 0.1) is 5.92 Å². The van der Waals surface area contributed by atoms with Gasteiger partial charge in [-0.25, -0.2) is 8.42 Å². The molecule has 1 unspecified atom stereocenters. The number of halogens is 3. The molecule has 0 spiro atoms. The minimum Gasteiger partial charge on any atom is -0.207 e. The van der Waals surface area contributed by atoms with Crippen LogP contribution in [-0.4, -0.2) is 25.8 Å². The van der Waals surface area contributed by atoms with Gasteiger partial charge in [0.25, 0.3) is 0 Å². The Morgan fingerprint density at radius 3 is 2.38 bits per heavy atom. The van der Waals surface area contributed by atoms with Crippen LogP contribution in [0.5, 0.6) is 0 Å². The zero-order valence-corrected chi connectivity index (χ0v) is 14.3. The lowest BCUT2D eigenvalue weighted by Crippen LogP contribution is -2.46. The van der Waals surface area contributed by atoms with E-state index in [-0.39, 0.29) is 16.4 Å². The molecule has 1 saturated carbocycles. The van der Waals surface area contributed by atoms with E-state index in [1.54, 1.807) is 0 Å². The molecule has 0 amide bonds. The first kappa shape index (κ1) is 17.5. The third-order valence-electron chi connectivity index (χ3n) is 5.15. The second-order valence-electron chi connectivity index (χ2n) is 6.60. The molecule has 1 atom stereocenters. The van der Waals surface area contributed by atoms with E-state index < -0.39 is 27.8 Å². The summed E-state index contributed by atoms with van der Waals surface area (Å²) in [6.45, 7) is 3.98. The highest BCUT2D eigenvalue weighted by Gasteiger charge is 2.43. The quantitative estimate of drug-likeness (QED) is 0.750. The number of nitrogens with zero attached hydrogens (tertiary/aromatic N) is 1. The van der Waals surface area contributed by atoms with Crippen LogP contribution < -0.4 is 0 Å². The zero-order chi connectivity index (χ0) is 17.7. The van der Waals surface area contributed by atoms with Gasteiger partial charge in [0.05, 0.1) is 16.5 Å². The molecule has 0 aromatic heterocycles. The molecule has 0 saturated heterocycles. The number of alkyl halides is 3. The molecule has 1 fully saturated rings. The summed E-state index contributed by atoms with van der Waals surface area (Å²) in [5.41, 5.74) is -0.261. The van der Waals surface area contributed by atoms with Gasteiger partial charge >= 0.3 is 6.18 Å². The number of likely N-dealkylation sites (N-methyl/N-ethyl adjacent to an activating group) is 1. The summed E-state index contributed by atoms with van der Waals surface area (Å²) >= 11 is 0. The maximum absolute atomic E-state index is 13.0. The van der Waals surface area contributed by atoms with Gasteiger partial charge in [-0.1, -0.05) is 25.8 Å². The fraction of sp³-hybridized carbons (Fsp3) is 0.529. The number of sulfonamides is 1. The highest BCUT2D eigenvalue weighted by Crippen LogP contribution is 2.44. The second-order valence-corrected chi connectivity index (χ2v) is 8.56. The van der Waals surface area contributed by atoms with Gasteiger partial charge in [-0.3, -0.25) is 0 Å². The molecular weight excluding hydrogens is 339 g/mol. The Labute approximate surface area is 140 Å². The summed E-state index contributed by atoms with van der Waals surface area (Å²) < 4.78 is 65.9. The number of fused-ring (bicyclic) bond motifs is 1. The van der Waals surface area contributed by atoms with E-state index >= 15 is 0 Å². The van der Waals surface area contributed by atoms with Gasteiger partial charge in [0.2, 0.25) is 10.0 Å². The van der Waals surface area contributed by atoms with Gasteiger partial charge in [0.1, 0.15) is 0 Å². The maximum Gasteiger partial charge on any atom is 0.416 e. The van der Waals surface area contributed by atoms with Crippen molar-refractivity contribution in [2.24, 2.45) is 5.92 Å². The van der Waals surface area contributed by atoms with E-state index in [1.807, 2.05) is 0 Å². The van der Waals surface area contributed by atoms with Gasteiger partial charge in [-0.15, -0.1) is 0 Å². The van der Waals surface area contributed by atoms with Crippen molar-refractivity contribution in [1.82, 2.24) is 4.31 Å². The van der Waals surface area contributed by atoms with E-state index in [2.05, 4.69) is 6.58 Å². The Morgan fingerprint density at radius 1 is 1.17 bits per heavy atom. The summed E-state index contributed by atoms with van der Waals surface area (Å²) in [6, 6.07) is 2.33. The smallest absolute Gasteiger partial charge is 0.207 e. The van der Waals surface area contributed by atoms with Crippen molar-refractivity contribution >= 4 is 15.6 Å². The molecule has 0 N–H and O–H groups in total. The van der Waals surface area contributed by atoms with Crippen LogP contribution in [0.2, 0.25) is 0 Å². The summed E-state index contributed by atoms with van der Waals surface area (Å²) in [4.78, 5) is -0.0879. The highest BCUT2D eigenvalue weighted by atomic mass is 32.2. The Balaban J connectivity index is 2.12. The molecule has 24 heavy (non-hydrogen) atoms. The van der Waals surface area contributed by atoms with Crippen molar-refractivity contribution in [1.29, 1.82) is 0 Å². The Bertz CT molecular complexity index is 765. The number of rotatable bonds is 1. The normalized spacial score (nSPS) is 25.5. The average molecular weight is 359 g/mol.